The Morgan fingerprint density at radius 3 is 2.33 bits per heavy atom. The van der Waals surface area contributed by atoms with E-state index >= 15 is 0 Å². The highest BCUT2D eigenvalue weighted by molar-refractivity contribution is 6.03. The van der Waals surface area contributed by atoms with Gasteiger partial charge in [0.15, 0.2) is 5.82 Å². The number of carbonyl (C=O) groups is 3. The van der Waals surface area contributed by atoms with Gasteiger partial charge in [-0.3, -0.25) is 19.3 Å². The van der Waals surface area contributed by atoms with Gasteiger partial charge in [0.25, 0.3) is 0 Å². The summed E-state index contributed by atoms with van der Waals surface area (Å²) in [5.74, 6) is -0.0125. The molecule has 0 bridgehead atoms. The number of hydrogen-bond acceptors (Lipinski definition) is 5. The molecule has 1 heterocycles. The lowest BCUT2D eigenvalue weighted by Crippen LogP contribution is -2.46. The lowest BCUT2D eigenvalue weighted by atomic mass is 10.0. The van der Waals surface area contributed by atoms with Crippen LogP contribution in [-0.2, 0) is 14.4 Å². The highest BCUT2D eigenvalue weighted by Gasteiger charge is 2.34. The maximum absolute atomic E-state index is 13.7. The Bertz CT molecular complexity index is 1180. The fourth-order valence-electron chi connectivity index (χ4n) is 4.51. The molecule has 1 aliphatic carbocycles. The molecule has 0 radical (unpaired) electrons. The summed E-state index contributed by atoms with van der Waals surface area (Å²) >= 11 is 0. The van der Waals surface area contributed by atoms with E-state index in [0.29, 0.717) is 17.3 Å². The highest BCUT2D eigenvalue weighted by Crippen LogP contribution is 2.30. The molecule has 188 valence electrons. The van der Waals surface area contributed by atoms with E-state index in [-0.39, 0.29) is 36.6 Å². The minimum absolute atomic E-state index is 0.0566. The largest absolute Gasteiger partial charge is 0.360 e. The average Bonchev–Trinajstić information content (AvgIpc) is 3.53. The number of aromatic nitrogens is 1. The summed E-state index contributed by atoms with van der Waals surface area (Å²) in [6.45, 7) is 3.71. The summed E-state index contributed by atoms with van der Waals surface area (Å²) in [6.07, 6.45) is 3.92. The van der Waals surface area contributed by atoms with Gasteiger partial charge in [0.05, 0.1) is 0 Å². The Balaban J connectivity index is 1.59. The zero-order valence-corrected chi connectivity index (χ0v) is 20.7. The second-order valence-corrected chi connectivity index (χ2v) is 9.27. The third-order valence-electron chi connectivity index (χ3n) is 6.37. The van der Waals surface area contributed by atoms with Gasteiger partial charge < -0.3 is 15.2 Å². The smallest absolute Gasteiger partial charge is 0.248 e. The molecule has 8 heteroatoms. The molecule has 2 N–H and O–H groups in total. The topological polar surface area (TPSA) is 105 Å². The first-order valence-corrected chi connectivity index (χ1v) is 12.4. The summed E-state index contributed by atoms with van der Waals surface area (Å²) < 4.78 is 4.97. The molecule has 36 heavy (non-hydrogen) atoms. The quantitative estimate of drug-likeness (QED) is 0.448. The molecule has 8 nitrogen and oxygen atoms in total. The van der Waals surface area contributed by atoms with Gasteiger partial charge in [-0.1, -0.05) is 66.0 Å². The number of nitrogens with one attached hydrogen (secondary N) is 2. The monoisotopic (exact) mass is 488 g/mol. The number of hydrogen-bond donors (Lipinski definition) is 2. The zero-order chi connectivity index (χ0) is 25.5. The van der Waals surface area contributed by atoms with Gasteiger partial charge in [-0.05, 0) is 44.4 Å². The number of nitrogens with zero attached hydrogens (tertiary/aromatic N) is 2. The molecule has 3 aromatic rings. The Hall–Kier alpha value is -3.94. The fraction of sp³-hybridized carbons (Fsp3) is 0.357. The van der Waals surface area contributed by atoms with Crippen LogP contribution >= 0.6 is 0 Å². The molecule has 0 saturated heterocycles. The Kier molecular flexibility index (Phi) is 8.15. The third kappa shape index (κ3) is 6.38. The van der Waals surface area contributed by atoms with Gasteiger partial charge in [-0.25, -0.2) is 0 Å². The van der Waals surface area contributed by atoms with Crippen molar-refractivity contribution in [3.8, 4) is 0 Å². The number of amides is 3. The Morgan fingerprint density at radius 2 is 1.69 bits per heavy atom. The van der Waals surface area contributed by atoms with E-state index in [4.69, 9.17) is 4.52 Å². The van der Waals surface area contributed by atoms with Crippen LogP contribution in [0.3, 0.4) is 0 Å². The van der Waals surface area contributed by atoms with Crippen molar-refractivity contribution >= 4 is 29.2 Å². The van der Waals surface area contributed by atoms with Crippen molar-refractivity contribution in [3.05, 3.63) is 77.6 Å². The van der Waals surface area contributed by atoms with E-state index < -0.39 is 6.04 Å². The second kappa shape index (κ2) is 11.7. The van der Waals surface area contributed by atoms with E-state index in [9.17, 15) is 14.4 Å². The predicted molar refractivity (Wildman–Crippen MR) is 137 cm³/mol. The fourth-order valence-corrected chi connectivity index (χ4v) is 4.51. The van der Waals surface area contributed by atoms with Crippen molar-refractivity contribution in [3.63, 3.8) is 0 Å². The van der Waals surface area contributed by atoms with Gasteiger partial charge in [-0.15, -0.1) is 0 Å². The first-order valence-electron chi connectivity index (χ1n) is 12.4. The normalized spacial score (nSPS) is 14.3. The maximum atomic E-state index is 13.7. The minimum atomic E-state index is -0.859. The Labute approximate surface area is 211 Å². The molecule has 0 aliphatic heterocycles. The van der Waals surface area contributed by atoms with Crippen LogP contribution in [-0.4, -0.2) is 28.9 Å². The van der Waals surface area contributed by atoms with Crippen LogP contribution < -0.4 is 15.5 Å². The standard InChI is InChI=1S/C28H32N4O4/c1-19-12-14-21(15-13-19)27(28(35)29-22-8-6-7-9-22)32(23-10-4-3-5-11-23)26(34)17-16-25(33)30-24-18-20(2)36-31-24/h3-5,10-15,18,22,27H,6-9,16-17H2,1-2H3,(H,29,35)(H,30,31,33)/t27-/m0/s1. The number of rotatable bonds is 9. The molecule has 2 aromatic carbocycles. The Morgan fingerprint density at radius 1 is 1.00 bits per heavy atom. The van der Waals surface area contributed by atoms with Gasteiger partial charge in [0.2, 0.25) is 17.7 Å². The van der Waals surface area contributed by atoms with E-state index in [0.717, 1.165) is 36.8 Å². The van der Waals surface area contributed by atoms with Gasteiger partial charge in [-0.2, -0.15) is 0 Å². The number of anilines is 2. The second-order valence-electron chi connectivity index (χ2n) is 9.27. The zero-order valence-electron chi connectivity index (χ0n) is 20.7. The molecule has 0 unspecified atom stereocenters. The lowest BCUT2D eigenvalue weighted by Gasteiger charge is -2.32. The number of benzene rings is 2. The van der Waals surface area contributed by atoms with E-state index in [1.807, 2.05) is 49.4 Å². The van der Waals surface area contributed by atoms with Crippen molar-refractivity contribution in [2.24, 2.45) is 0 Å². The van der Waals surface area contributed by atoms with Crippen LogP contribution in [0, 0.1) is 13.8 Å². The summed E-state index contributed by atoms with van der Waals surface area (Å²) in [4.78, 5) is 41.3. The molecule has 4 rings (SSSR count). The first kappa shape index (κ1) is 25.2. The summed E-state index contributed by atoms with van der Waals surface area (Å²) in [6, 6.07) is 17.6. The van der Waals surface area contributed by atoms with Crippen molar-refractivity contribution < 1.29 is 18.9 Å². The van der Waals surface area contributed by atoms with Crippen LogP contribution in [0.5, 0.6) is 0 Å². The molecular weight excluding hydrogens is 456 g/mol. The van der Waals surface area contributed by atoms with E-state index in [1.54, 1.807) is 25.1 Å². The molecule has 0 spiro atoms. The van der Waals surface area contributed by atoms with Gasteiger partial charge in [0.1, 0.15) is 11.8 Å². The van der Waals surface area contributed by atoms with Crippen molar-refractivity contribution in [2.75, 3.05) is 10.2 Å². The summed E-state index contributed by atoms with van der Waals surface area (Å²) in [5.41, 5.74) is 2.38. The van der Waals surface area contributed by atoms with Crippen LogP contribution in [0.25, 0.3) is 0 Å². The third-order valence-corrected chi connectivity index (χ3v) is 6.37. The predicted octanol–water partition coefficient (Wildman–Crippen LogP) is 4.84. The number of carbonyl (C=O) groups excluding carboxylic acids is 3. The number of aryl methyl sites for hydroxylation is 2. The average molecular weight is 489 g/mol. The molecule has 1 saturated carbocycles. The van der Waals surface area contributed by atoms with Gasteiger partial charge in [0, 0.05) is 30.6 Å². The SMILES string of the molecule is Cc1ccc([C@@H](C(=O)NC2CCCC2)N(C(=O)CCC(=O)Nc2cc(C)on2)c2ccccc2)cc1. The molecule has 3 amide bonds. The van der Waals surface area contributed by atoms with Crippen LogP contribution in [0.2, 0.25) is 0 Å². The maximum Gasteiger partial charge on any atom is 0.248 e. The molecule has 1 aromatic heterocycles. The summed E-state index contributed by atoms with van der Waals surface area (Å²) in [7, 11) is 0. The van der Waals surface area contributed by atoms with Crippen molar-refractivity contribution in [1.82, 2.24) is 10.5 Å². The van der Waals surface area contributed by atoms with Crippen LogP contribution in [0.1, 0.15) is 61.5 Å². The minimum Gasteiger partial charge on any atom is -0.360 e. The van der Waals surface area contributed by atoms with Crippen molar-refractivity contribution in [2.45, 2.75) is 64.5 Å². The van der Waals surface area contributed by atoms with Crippen LogP contribution in [0.4, 0.5) is 11.5 Å². The van der Waals surface area contributed by atoms with E-state index in [2.05, 4.69) is 15.8 Å². The summed E-state index contributed by atoms with van der Waals surface area (Å²) in [5, 5.41) is 9.56. The van der Waals surface area contributed by atoms with Gasteiger partial charge >= 0.3 is 0 Å². The molecule has 1 fully saturated rings. The highest BCUT2D eigenvalue weighted by atomic mass is 16.5. The van der Waals surface area contributed by atoms with Crippen molar-refractivity contribution in [1.29, 1.82) is 0 Å². The number of para-hydroxylation sites is 1. The molecule has 1 aliphatic rings. The molecule has 1 atom stereocenters. The first-order chi connectivity index (χ1) is 17.4. The lowest BCUT2D eigenvalue weighted by molar-refractivity contribution is -0.127. The molecular formula is C28H32N4O4. The van der Waals surface area contributed by atoms with Crippen LogP contribution in [0.15, 0.2) is 65.2 Å². The van der Waals surface area contributed by atoms with E-state index in [1.165, 1.54) is 4.90 Å².